The predicted octanol–water partition coefficient (Wildman–Crippen LogP) is 3.61. The number of nitrogens with one attached hydrogen (secondary N) is 1. The van der Waals surface area contributed by atoms with Crippen LogP contribution in [-0.4, -0.2) is 53.8 Å². The van der Waals surface area contributed by atoms with E-state index < -0.39 is 17.7 Å². The Morgan fingerprint density at radius 2 is 1.93 bits per heavy atom. The zero-order chi connectivity index (χ0) is 20.4. The molecule has 0 unspecified atom stereocenters. The summed E-state index contributed by atoms with van der Waals surface area (Å²) in [5.41, 5.74) is 2.53. The molecule has 1 aromatic carbocycles. The standard InChI is InChI=1S/C21H31N3O3/c1-14-8-9-18-17(12-14)16(10-11-23(6)7)13-24(18)19(25)15(2)22-20(26)27-21(3,4)5/h8-9,12-13,15H,10-11H2,1-7H3,(H,22,26)/t15-/m0/s1. The van der Waals surface area contributed by atoms with Crippen LogP contribution in [-0.2, 0) is 11.2 Å². The van der Waals surface area contributed by atoms with Crippen LogP contribution < -0.4 is 5.32 Å². The van der Waals surface area contributed by atoms with Gasteiger partial charge in [-0.15, -0.1) is 0 Å². The van der Waals surface area contributed by atoms with Crippen LogP contribution in [0.5, 0.6) is 0 Å². The van der Waals surface area contributed by atoms with Crippen molar-refractivity contribution in [3.05, 3.63) is 35.5 Å². The fraction of sp³-hybridized carbons (Fsp3) is 0.524. The van der Waals surface area contributed by atoms with Gasteiger partial charge in [0.25, 0.3) is 5.91 Å². The van der Waals surface area contributed by atoms with Crippen molar-refractivity contribution < 1.29 is 14.3 Å². The maximum atomic E-state index is 13.0. The van der Waals surface area contributed by atoms with Crippen LogP contribution in [0.1, 0.15) is 43.6 Å². The van der Waals surface area contributed by atoms with Crippen LogP contribution in [0, 0.1) is 6.92 Å². The number of carbonyl (C=O) groups is 2. The molecule has 2 aromatic rings. The fourth-order valence-corrected chi connectivity index (χ4v) is 2.89. The quantitative estimate of drug-likeness (QED) is 0.870. The number of rotatable bonds is 5. The molecule has 1 amide bonds. The second kappa shape index (κ2) is 8.13. The Hall–Kier alpha value is -2.34. The number of carbonyl (C=O) groups excluding carboxylic acids is 2. The third-order valence-corrected chi connectivity index (χ3v) is 4.21. The topological polar surface area (TPSA) is 63.6 Å². The molecule has 0 aliphatic heterocycles. The number of likely N-dealkylation sites (N-methyl/N-ethyl adjacent to an activating group) is 1. The van der Waals surface area contributed by atoms with Gasteiger partial charge in [0.2, 0.25) is 0 Å². The zero-order valence-corrected chi connectivity index (χ0v) is 17.4. The molecule has 0 saturated carbocycles. The number of aryl methyl sites for hydroxylation is 1. The Bertz CT molecular complexity index is 831. The minimum absolute atomic E-state index is 0.189. The van der Waals surface area contributed by atoms with Gasteiger partial charge in [0.1, 0.15) is 11.6 Å². The number of fused-ring (bicyclic) bond motifs is 1. The highest BCUT2D eigenvalue weighted by Crippen LogP contribution is 2.24. The van der Waals surface area contributed by atoms with Crippen LogP contribution in [0.15, 0.2) is 24.4 Å². The zero-order valence-electron chi connectivity index (χ0n) is 17.4. The van der Waals surface area contributed by atoms with Gasteiger partial charge in [-0.25, -0.2) is 4.79 Å². The van der Waals surface area contributed by atoms with Crippen molar-refractivity contribution in [2.75, 3.05) is 20.6 Å². The van der Waals surface area contributed by atoms with E-state index in [0.29, 0.717) is 0 Å². The summed E-state index contributed by atoms with van der Waals surface area (Å²) >= 11 is 0. The molecular weight excluding hydrogens is 342 g/mol. The molecule has 0 aliphatic rings. The van der Waals surface area contributed by atoms with Gasteiger partial charge in [0, 0.05) is 18.1 Å². The molecule has 1 N–H and O–H groups in total. The maximum absolute atomic E-state index is 13.0. The minimum atomic E-state index is -0.696. The predicted molar refractivity (Wildman–Crippen MR) is 108 cm³/mol. The van der Waals surface area contributed by atoms with Crippen LogP contribution in [0.3, 0.4) is 0 Å². The lowest BCUT2D eigenvalue weighted by Crippen LogP contribution is -2.43. The van der Waals surface area contributed by atoms with Crippen molar-refractivity contribution in [1.29, 1.82) is 0 Å². The molecule has 2 rings (SSSR count). The molecule has 0 fully saturated rings. The summed E-state index contributed by atoms with van der Waals surface area (Å²) in [6, 6.07) is 5.37. The number of hydrogen-bond donors (Lipinski definition) is 1. The van der Waals surface area contributed by atoms with Gasteiger partial charge in [-0.1, -0.05) is 11.6 Å². The van der Waals surface area contributed by atoms with Gasteiger partial charge in [0.05, 0.1) is 5.52 Å². The van der Waals surface area contributed by atoms with Gasteiger partial charge in [0.15, 0.2) is 0 Å². The van der Waals surface area contributed by atoms with E-state index in [9.17, 15) is 9.59 Å². The van der Waals surface area contributed by atoms with Gasteiger partial charge < -0.3 is 15.0 Å². The third-order valence-electron chi connectivity index (χ3n) is 4.21. The fourth-order valence-electron chi connectivity index (χ4n) is 2.89. The first kappa shape index (κ1) is 21.0. The first-order valence-electron chi connectivity index (χ1n) is 9.27. The summed E-state index contributed by atoms with van der Waals surface area (Å²) in [6.07, 6.45) is 2.15. The molecule has 1 aromatic heterocycles. The molecule has 0 aliphatic carbocycles. The van der Waals surface area contributed by atoms with E-state index in [-0.39, 0.29) is 5.91 Å². The molecule has 0 bridgehead atoms. The molecule has 6 heteroatoms. The van der Waals surface area contributed by atoms with Crippen molar-refractivity contribution in [2.24, 2.45) is 0 Å². The Balaban J connectivity index is 2.28. The Labute approximate surface area is 161 Å². The highest BCUT2D eigenvalue weighted by molar-refractivity contribution is 5.97. The van der Waals surface area contributed by atoms with Crippen molar-refractivity contribution in [3.63, 3.8) is 0 Å². The minimum Gasteiger partial charge on any atom is -0.444 e. The Morgan fingerprint density at radius 3 is 2.52 bits per heavy atom. The van der Waals surface area contributed by atoms with Gasteiger partial charge in [-0.05, 0) is 72.8 Å². The van der Waals surface area contributed by atoms with Crippen molar-refractivity contribution in [1.82, 2.24) is 14.8 Å². The summed E-state index contributed by atoms with van der Waals surface area (Å²) in [4.78, 5) is 27.1. The van der Waals surface area contributed by atoms with Crippen molar-refractivity contribution in [2.45, 2.75) is 52.7 Å². The first-order chi connectivity index (χ1) is 12.5. The first-order valence-corrected chi connectivity index (χ1v) is 9.27. The average molecular weight is 373 g/mol. The summed E-state index contributed by atoms with van der Waals surface area (Å²) < 4.78 is 6.89. The molecule has 0 radical (unpaired) electrons. The molecule has 0 spiro atoms. The molecule has 0 saturated heterocycles. The van der Waals surface area contributed by atoms with Crippen LogP contribution in [0.2, 0.25) is 0 Å². The number of benzene rings is 1. The second-order valence-electron chi connectivity index (χ2n) is 8.30. The molecule has 148 valence electrons. The Morgan fingerprint density at radius 1 is 1.26 bits per heavy atom. The van der Waals surface area contributed by atoms with Gasteiger partial charge in [-0.3, -0.25) is 9.36 Å². The number of hydrogen-bond acceptors (Lipinski definition) is 4. The monoisotopic (exact) mass is 373 g/mol. The lowest BCUT2D eigenvalue weighted by Gasteiger charge is -2.21. The average Bonchev–Trinajstić information content (AvgIpc) is 2.87. The second-order valence-corrected chi connectivity index (χ2v) is 8.30. The smallest absolute Gasteiger partial charge is 0.408 e. The van der Waals surface area contributed by atoms with E-state index in [0.717, 1.165) is 35.0 Å². The van der Waals surface area contributed by atoms with Crippen molar-refractivity contribution >= 4 is 22.9 Å². The molecule has 6 nitrogen and oxygen atoms in total. The van der Waals surface area contributed by atoms with Gasteiger partial charge in [-0.2, -0.15) is 0 Å². The summed E-state index contributed by atoms with van der Waals surface area (Å²) in [5, 5.41) is 3.71. The van der Waals surface area contributed by atoms with Crippen LogP contribution in [0.4, 0.5) is 4.79 Å². The number of amides is 1. The third kappa shape index (κ3) is 5.57. The van der Waals surface area contributed by atoms with Crippen LogP contribution >= 0.6 is 0 Å². The summed E-state index contributed by atoms with van der Waals surface area (Å²) in [5.74, 6) is -0.189. The number of aromatic nitrogens is 1. The van der Waals surface area contributed by atoms with E-state index in [2.05, 4.69) is 16.3 Å². The maximum Gasteiger partial charge on any atom is 0.408 e. The highest BCUT2D eigenvalue weighted by Gasteiger charge is 2.23. The van der Waals surface area contributed by atoms with E-state index in [4.69, 9.17) is 4.74 Å². The molecule has 27 heavy (non-hydrogen) atoms. The highest BCUT2D eigenvalue weighted by atomic mass is 16.6. The summed E-state index contributed by atoms with van der Waals surface area (Å²) in [6.45, 7) is 9.98. The Kier molecular flexibility index (Phi) is 6.31. The largest absolute Gasteiger partial charge is 0.444 e. The normalized spacial score (nSPS) is 13.0. The van der Waals surface area contributed by atoms with E-state index >= 15 is 0 Å². The number of ether oxygens (including phenoxy) is 1. The van der Waals surface area contributed by atoms with Gasteiger partial charge >= 0.3 is 6.09 Å². The number of alkyl carbamates (subject to hydrolysis) is 1. The lowest BCUT2D eigenvalue weighted by atomic mass is 10.1. The number of nitrogens with zero attached hydrogens (tertiary/aromatic N) is 2. The van der Waals surface area contributed by atoms with Crippen molar-refractivity contribution in [3.8, 4) is 0 Å². The molecular formula is C21H31N3O3. The van der Waals surface area contributed by atoms with E-state index in [1.165, 1.54) is 0 Å². The molecule has 1 atom stereocenters. The SMILES string of the molecule is Cc1ccc2c(c1)c(CCN(C)C)cn2C(=O)[C@H](C)NC(=O)OC(C)(C)C. The summed E-state index contributed by atoms with van der Waals surface area (Å²) in [7, 11) is 4.06. The lowest BCUT2D eigenvalue weighted by molar-refractivity contribution is 0.0489. The molecule has 1 heterocycles. The van der Waals surface area contributed by atoms with E-state index in [1.807, 2.05) is 39.3 Å². The van der Waals surface area contributed by atoms with Crippen LogP contribution in [0.25, 0.3) is 10.9 Å². The van der Waals surface area contributed by atoms with E-state index in [1.54, 1.807) is 32.3 Å².